The van der Waals surface area contributed by atoms with Crippen LogP contribution in [0.1, 0.15) is 36.8 Å². The third-order valence-electron chi connectivity index (χ3n) is 2.66. The van der Waals surface area contributed by atoms with E-state index in [1.807, 2.05) is 6.08 Å². The lowest BCUT2D eigenvalue weighted by Gasteiger charge is -2.04. The monoisotopic (exact) mass is 344 g/mol. The van der Waals surface area contributed by atoms with E-state index in [9.17, 15) is 0 Å². The van der Waals surface area contributed by atoms with E-state index in [4.69, 9.17) is 4.74 Å². The number of hydrogen-bond donors (Lipinski definition) is 0. The van der Waals surface area contributed by atoms with Crippen LogP contribution in [0.3, 0.4) is 0 Å². The molecule has 0 saturated heterocycles. The maximum absolute atomic E-state index is 5.65. The lowest BCUT2D eigenvalue weighted by molar-refractivity contribution is 0.117. The fourth-order valence-corrected chi connectivity index (χ4v) is 2.13. The van der Waals surface area contributed by atoms with Crippen LogP contribution >= 0.6 is 22.6 Å². The number of benzene rings is 1. The highest BCUT2D eigenvalue weighted by Crippen LogP contribution is 2.08. The minimum absolute atomic E-state index is 0.726. The first kappa shape index (κ1) is 14.7. The van der Waals surface area contributed by atoms with E-state index in [0.717, 1.165) is 18.8 Å². The zero-order valence-corrected chi connectivity index (χ0v) is 12.5. The standard InChI is InChI=1S/C15H21IO/c1-2-14-7-9-15(10-8-14)13-17-12-6-4-3-5-11-16/h2,7-10H,1,3-6,11-13H2. The number of ether oxygens (including phenoxy) is 1. The maximum atomic E-state index is 5.65. The van der Waals surface area contributed by atoms with Crippen molar-refractivity contribution < 1.29 is 4.74 Å². The number of hydrogen-bond acceptors (Lipinski definition) is 1. The minimum atomic E-state index is 0.726. The Morgan fingerprint density at radius 2 is 1.76 bits per heavy atom. The molecule has 2 heteroatoms. The number of halogens is 1. The van der Waals surface area contributed by atoms with Crippen LogP contribution in [0.25, 0.3) is 6.08 Å². The molecule has 0 aliphatic carbocycles. The van der Waals surface area contributed by atoms with E-state index in [2.05, 4.69) is 53.4 Å². The molecule has 0 spiro atoms. The summed E-state index contributed by atoms with van der Waals surface area (Å²) in [4.78, 5) is 0. The molecular weight excluding hydrogens is 323 g/mol. The molecule has 1 aromatic carbocycles. The van der Waals surface area contributed by atoms with Gasteiger partial charge in [-0.1, -0.05) is 72.4 Å². The van der Waals surface area contributed by atoms with Crippen molar-refractivity contribution in [2.45, 2.75) is 32.3 Å². The lowest BCUT2D eigenvalue weighted by Crippen LogP contribution is -1.95. The second-order valence-electron chi connectivity index (χ2n) is 4.10. The molecule has 1 aromatic rings. The molecule has 0 fully saturated rings. The maximum Gasteiger partial charge on any atom is 0.0716 e. The Labute approximate surface area is 118 Å². The van der Waals surface area contributed by atoms with Gasteiger partial charge in [-0.2, -0.15) is 0 Å². The topological polar surface area (TPSA) is 9.23 Å². The van der Waals surface area contributed by atoms with Crippen molar-refractivity contribution in [3.05, 3.63) is 42.0 Å². The summed E-state index contributed by atoms with van der Waals surface area (Å²) in [5.74, 6) is 0. The van der Waals surface area contributed by atoms with Gasteiger partial charge in [0, 0.05) is 6.61 Å². The van der Waals surface area contributed by atoms with Gasteiger partial charge in [0.25, 0.3) is 0 Å². The van der Waals surface area contributed by atoms with Crippen molar-refractivity contribution in [1.29, 1.82) is 0 Å². The molecule has 0 aliphatic heterocycles. The summed E-state index contributed by atoms with van der Waals surface area (Å²) in [6.07, 6.45) is 7.00. The van der Waals surface area contributed by atoms with Crippen molar-refractivity contribution in [2.24, 2.45) is 0 Å². The third kappa shape index (κ3) is 6.84. The van der Waals surface area contributed by atoms with Gasteiger partial charge in [-0.3, -0.25) is 0 Å². The van der Waals surface area contributed by atoms with Crippen LogP contribution in [0.15, 0.2) is 30.8 Å². The van der Waals surface area contributed by atoms with E-state index in [1.165, 1.54) is 35.7 Å². The summed E-state index contributed by atoms with van der Waals surface area (Å²) in [6, 6.07) is 8.36. The highest BCUT2D eigenvalue weighted by molar-refractivity contribution is 14.1. The summed E-state index contributed by atoms with van der Waals surface area (Å²) in [7, 11) is 0. The summed E-state index contributed by atoms with van der Waals surface area (Å²) >= 11 is 2.43. The van der Waals surface area contributed by atoms with Gasteiger partial charge < -0.3 is 4.74 Å². The van der Waals surface area contributed by atoms with Crippen LogP contribution in [0.2, 0.25) is 0 Å². The summed E-state index contributed by atoms with van der Waals surface area (Å²) in [6.45, 7) is 5.35. The highest BCUT2D eigenvalue weighted by atomic mass is 127. The van der Waals surface area contributed by atoms with Gasteiger partial charge in [0.05, 0.1) is 6.61 Å². The SMILES string of the molecule is C=Cc1ccc(COCCCCCCI)cc1. The minimum Gasteiger partial charge on any atom is -0.377 e. The molecule has 0 amide bonds. The zero-order chi connectivity index (χ0) is 12.3. The number of unbranched alkanes of at least 4 members (excludes halogenated alkanes) is 3. The molecule has 0 aliphatic rings. The second kappa shape index (κ2) is 9.66. The van der Waals surface area contributed by atoms with Crippen LogP contribution in [0.5, 0.6) is 0 Å². The van der Waals surface area contributed by atoms with Crippen LogP contribution in [0, 0.1) is 0 Å². The Morgan fingerprint density at radius 1 is 1.06 bits per heavy atom. The van der Waals surface area contributed by atoms with Crippen molar-refractivity contribution in [3.8, 4) is 0 Å². The predicted octanol–water partition coefficient (Wildman–Crippen LogP) is 4.84. The van der Waals surface area contributed by atoms with E-state index in [-0.39, 0.29) is 0 Å². The Morgan fingerprint density at radius 3 is 2.41 bits per heavy atom. The van der Waals surface area contributed by atoms with Gasteiger partial charge in [0.1, 0.15) is 0 Å². The van der Waals surface area contributed by atoms with Gasteiger partial charge in [-0.05, 0) is 28.4 Å². The van der Waals surface area contributed by atoms with Gasteiger partial charge in [0.2, 0.25) is 0 Å². The fourth-order valence-electron chi connectivity index (χ4n) is 1.59. The Balaban J connectivity index is 2.07. The van der Waals surface area contributed by atoms with E-state index < -0.39 is 0 Å². The molecule has 1 rings (SSSR count). The predicted molar refractivity (Wildman–Crippen MR) is 83.5 cm³/mol. The molecule has 0 heterocycles. The molecule has 0 aromatic heterocycles. The molecule has 1 nitrogen and oxygen atoms in total. The first-order valence-corrected chi connectivity index (χ1v) is 7.74. The molecule has 0 radical (unpaired) electrons. The number of rotatable bonds is 9. The summed E-state index contributed by atoms with van der Waals surface area (Å²) in [5.41, 5.74) is 2.40. The van der Waals surface area contributed by atoms with Crippen LogP contribution < -0.4 is 0 Å². The van der Waals surface area contributed by atoms with Crippen LogP contribution in [-0.2, 0) is 11.3 Å². The average Bonchev–Trinajstić information content (AvgIpc) is 2.38. The number of alkyl halides is 1. The largest absolute Gasteiger partial charge is 0.377 e. The lowest BCUT2D eigenvalue weighted by atomic mass is 10.1. The van der Waals surface area contributed by atoms with E-state index in [1.54, 1.807) is 0 Å². The smallest absolute Gasteiger partial charge is 0.0716 e. The molecule has 0 saturated carbocycles. The van der Waals surface area contributed by atoms with Crippen molar-refractivity contribution >= 4 is 28.7 Å². The second-order valence-corrected chi connectivity index (χ2v) is 5.18. The van der Waals surface area contributed by atoms with Gasteiger partial charge >= 0.3 is 0 Å². The molecule has 0 bridgehead atoms. The summed E-state index contributed by atoms with van der Waals surface area (Å²) in [5, 5.41) is 0. The first-order chi connectivity index (χ1) is 8.36. The van der Waals surface area contributed by atoms with Gasteiger partial charge in [-0.15, -0.1) is 0 Å². The molecule has 0 atom stereocenters. The summed E-state index contributed by atoms with van der Waals surface area (Å²) < 4.78 is 6.92. The zero-order valence-electron chi connectivity index (χ0n) is 10.3. The van der Waals surface area contributed by atoms with Crippen LogP contribution in [-0.4, -0.2) is 11.0 Å². The first-order valence-electron chi connectivity index (χ1n) is 6.22. The normalized spacial score (nSPS) is 10.4. The van der Waals surface area contributed by atoms with Crippen molar-refractivity contribution in [1.82, 2.24) is 0 Å². The molecule has 94 valence electrons. The fraction of sp³-hybridized carbons (Fsp3) is 0.467. The van der Waals surface area contributed by atoms with Gasteiger partial charge in [-0.25, -0.2) is 0 Å². The van der Waals surface area contributed by atoms with Crippen molar-refractivity contribution in [3.63, 3.8) is 0 Å². The molecule has 17 heavy (non-hydrogen) atoms. The molecular formula is C15H21IO. The Hall–Kier alpha value is -0.350. The molecule has 0 N–H and O–H groups in total. The van der Waals surface area contributed by atoms with Gasteiger partial charge in [0.15, 0.2) is 0 Å². The van der Waals surface area contributed by atoms with E-state index >= 15 is 0 Å². The highest BCUT2D eigenvalue weighted by Gasteiger charge is 1.94. The van der Waals surface area contributed by atoms with Crippen molar-refractivity contribution in [2.75, 3.05) is 11.0 Å². The average molecular weight is 344 g/mol. The van der Waals surface area contributed by atoms with E-state index in [0.29, 0.717) is 0 Å². The third-order valence-corrected chi connectivity index (χ3v) is 3.42. The quantitative estimate of drug-likeness (QED) is 0.354. The Kier molecular flexibility index (Phi) is 8.36. The molecule has 0 unspecified atom stereocenters. The Bertz CT molecular complexity index is 305. The van der Waals surface area contributed by atoms with Crippen LogP contribution in [0.4, 0.5) is 0 Å².